The zero-order chi connectivity index (χ0) is 13.5. The number of hydrogen-bond acceptors (Lipinski definition) is 3. The van der Waals surface area contributed by atoms with Crippen LogP contribution in [-0.4, -0.2) is 30.4 Å². The molecular weight excluding hydrogens is 242 g/mol. The Hall–Kier alpha value is -2.10. The van der Waals surface area contributed by atoms with E-state index in [9.17, 15) is 9.59 Å². The van der Waals surface area contributed by atoms with Gasteiger partial charge >= 0.3 is 6.09 Å². The van der Waals surface area contributed by atoms with Crippen LogP contribution >= 0.6 is 0 Å². The Morgan fingerprint density at radius 1 is 1.32 bits per heavy atom. The molecule has 4 heteroatoms. The Kier molecular flexibility index (Phi) is 4.72. The fraction of sp³-hybridized carbons (Fsp3) is 0.333. The van der Waals surface area contributed by atoms with E-state index in [-0.39, 0.29) is 18.6 Å². The predicted molar refractivity (Wildman–Crippen MR) is 71.5 cm³/mol. The summed E-state index contributed by atoms with van der Waals surface area (Å²) in [5, 5.41) is 0. The molecule has 0 N–H and O–H groups in total. The zero-order valence-electron chi connectivity index (χ0n) is 10.7. The van der Waals surface area contributed by atoms with Crippen molar-refractivity contribution < 1.29 is 14.3 Å². The van der Waals surface area contributed by atoms with Gasteiger partial charge in [-0.05, 0) is 12.0 Å². The van der Waals surface area contributed by atoms with Crippen molar-refractivity contribution in [2.75, 3.05) is 13.1 Å². The monoisotopic (exact) mass is 259 g/mol. The molecule has 1 aliphatic heterocycles. The van der Waals surface area contributed by atoms with E-state index in [1.165, 1.54) is 0 Å². The molecule has 0 saturated heterocycles. The number of aldehydes is 1. The number of amides is 1. The van der Waals surface area contributed by atoms with Crippen LogP contribution in [0.2, 0.25) is 0 Å². The Bertz CT molecular complexity index is 456. The van der Waals surface area contributed by atoms with Crippen molar-refractivity contribution in [1.29, 1.82) is 0 Å². The molecular formula is C15H17NO3. The van der Waals surface area contributed by atoms with Crippen LogP contribution in [0.1, 0.15) is 12.0 Å². The summed E-state index contributed by atoms with van der Waals surface area (Å²) in [6, 6.07) is 9.54. The van der Waals surface area contributed by atoms with E-state index in [0.29, 0.717) is 19.5 Å². The van der Waals surface area contributed by atoms with Crippen LogP contribution < -0.4 is 0 Å². The van der Waals surface area contributed by atoms with Crippen LogP contribution in [0.4, 0.5) is 4.79 Å². The standard InChI is InChI=1S/C15H17NO3/c17-11-14-8-4-5-9-16(10-14)15(18)19-12-13-6-2-1-3-7-13/h1-7,11,14H,8-10,12H2/t14-/m1/s1. The highest BCUT2D eigenvalue weighted by Gasteiger charge is 2.20. The van der Waals surface area contributed by atoms with Gasteiger partial charge in [0.05, 0.1) is 0 Å². The molecule has 1 aliphatic rings. The van der Waals surface area contributed by atoms with E-state index < -0.39 is 0 Å². The molecule has 0 fully saturated rings. The number of hydrogen-bond donors (Lipinski definition) is 0. The van der Waals surface area contributed by atoms with Gasteiger partial charge in [0.15, 0.2) is 0 Å². The first kappa shape index (κ1) is 13.3. The second-order valence-corrected chi connectivity index (χ2v) is 4.55. The predicted octanol–water partition coefficient (Wildman–Crippen LogP) is 2.40. The molecule has 0 radical (unpaired) electrons. The lowest BCUT2D eigenvalue weighted by Gasteiger charge is -2.21. The number of carbonyl (C=O) groups is 2. The van der Waals surface area contributed by atoms with Crippen LogP contribution in [0, 0.1) is 5.92 Å². The normalized spacial score (nSPS) is 18.7. The molecule has 1 heterocycles. The number of benzene rings is 1. The lowest BCUT2D eigenvalue weighted by molar-refractivity contribution is -0.111. The number of ether oxygens (including phenoxy) is 1. The largest absolute Gasteiger partial charge is 0.445 e. The Balaban J connectivity index is 1.88. The van der Waals surface area contributed by atoms with Crippen molar-refractivity contribution in [3.63, 3.8) is 0 Å². The Morgan fingerprint density at radius 3 is 2.84 bits per heavy atom. The van der Waals surface area contributed by atoms with E-state index in [4.69, 9.17) is 4.74 Å². The van der Waals surface area contributed by atoms with Gasteiger partial charge in [-0.15, -0.1) is 0 Å². The van der Waals surface area contributed by atoms with Gasteiger partial charge in [0.1, 0.15) is 12.9 Å². The molecule has 19 heavy (non-hydrogen) atoms. The minimum Gasteiger partial charge on any atom is -0.445 e. The fourth-order valence-electron chi connectivity index (χ4n) is 1.96. The van der Waals surface area contributed by atoms with Crippen LogP contribution in [0.25, 0.3) is 0 Å². The molecule has 0 spiro atoms. The van der Waals surface area contributed by atoms with E-state index in [0.717, 1.165) is 11.8 Å². The third-order valence-corrected chi connectivity index (χ3v) is 3.04. The molecule has 1 aromatic rings. The van der Waals surface area contributed by atoms with Gasteiger partial charge in [0.2, 0.25) is 0 Å². The van der Waals surface area contributed by atoms with Crippen molar-refractivity contribution in [2.45, 2.75) is 13.0 Å². The quantitative estimate of drug-likeness (QED) is 0.618. The number of allylic oxidation sites excluding steroid dienone is 1. The molecule has 1 atom stereocenters. The molecule has 1 aromatic carbocycles. The van der Waals surface area contributed by atoms with E-state index in [1.807, 2.05) is 42.5 Å². The van der Waals surface area contributed by atoms with E-state index in [2.05, 4.69) is 0 Å². The van der Waals surface area contributed by atoms with Gasteiger partial charge in [-0.3, -0.25) is 0 Å². The second-order valence-electron chi connectivity index (χ2n) is 4.55. The maximum Gasteiger partial charge on any atom is 0.410 e. The van der Waals surface area contributed by atoms with Gasteiger partial charge in [-0.1, -0.05) is 42.5 Å². The van der Waals surface area contributed by atoms with Crippen molar-refractivity contribution in [3.05, 3.63) is 48.0 Å². The van der Waals surface area contributed by atoms with Crippen LogP contribution in [0.15, 0.2) is 42.5 Å². The zero-order valence-corrected chi connectivity index (χ0v) is 10.7. The Labute approximate surface area is 112 Å². The highest BCUT2D eigenvalue weighted by Crippen LogP contribution is 2.11. The first-order valence-electron chi connectivity index (χ1n) is 6.35. The molecule has 0 saturated carbocycles. The third kappa shape index (κ3) is 3.95. The first-order chi connectivity index (χ1) is 9.29. The molecule has 1 amide bonds. The molecule has 0 unspecified atom stereocenters. The average Bonchev–Trinajstić information content (AvgIpc) is 2.71. The fourth-order valence-corrected chi connectivity index (χ4v) is 1.96. The summed E-state index contributed by atoms with van der Waals surface area (Å²) in [7, 11) is 0. The van der Waals surface area contributed by atoms with Gasteiger partial charge in [-0.25, -0.2) is 4.79 Å². The van der Waals surface area contributed by atoms with E-state index in [1.54, 1.807) is 4.90 Å². The van der Waals surface area contributed by atoms with E-state index >= 15 is 0 Å². The minimum atomic E-state index is -0.373. The minimum absolute atomic E-state index is 0.136. The first-order valence-corrected chi connectivity index (χ1v) is 6.35. The lowest BCUT2D eigenvalue weighted by atomic mass is 10.1. The molecule has 0 bridgehead atoms. The number of carbonyl (C=O) groups excluding carboxylic acids is 2. The molecule has 0 aliphatic carbocycles. The van der Waals surface area contributed by atoms with Crippen molar-refractivity contribution in [3.8, 4) is 0 Å². The average molecular weight is 259 g/mol. The topological polar surface area (TPSA) is 46.6 Å². The Morgan fingerprint density at radius 2 is 2.11 bits per heavy atom. The van der Waals surface area contributed by atoms with Crippen molar-refractivity contribution >= 4 is 12.4 Å². The van der Waals surface area contributed by atoms with Crippen LogP contribution in [0.5, 0.6) is 0 Å². The summed E-state index contributed by atoms with van der Waals surface area (Å²) < 4.78 is 5.25. The molecule has 100 valence electrons. The highest BCUT2D eigenvalue weighted by molar-refractivity contribution is 5.69. The van der Waals surface area contributed by atoms with Crippen molar-refractivity contribution in [2.24, 2.45) is 5.92 Å². The van der Waals surface area contributed by atoms with Crippen LogP contribution in [-0.2, 0) is 16.1 Å². The summed E-state index contributed by atoms with van der Waals surface area (Å²) in [6.07, 6.45) is 5.04. The highest BCUT2D eigenvalue weighted by atomic mass is 16.6. The van der Waals surface area contributed by atoms with Crippen LogP contribution in [0.3, 0.4) is 0 Å². The summed E-state index contributed by atoms with van der Waals surface area (Å²) in [6.45, 7) is 1.17. The smallest absolute Gasteiger partial charge is 0.410 e. The third-order valence-electron chi connectivity index (χ3n) is 3.04. The number of rotatable bonds is 3. The summed E-state index contributed by atoms with van der Waals surface area (Å²) in [5.74, 6) is -0.136. The lowest BCUT2D eigenvalue weighted by Crippen LogP contribution is -2.35. The molecule has 4 nitrogen and oxygen atoms in total. The second kappa shape index (κ2) is 6.73. The summed E-state index contributed by atoms with van der Waals surface area (Å²) in [4.78, 5) is 24.3. The number of nitrogens with zero attached hydrogens (tertiary/aromatic N) is 1. The summed E-state index contributed by atoms with van der Waals surface area (Å²) in [5.41, 5.74) is 0.952. The van der Waals surface area contributed by atoms with Gasteiger partial charge in [0.25, 0.3) is 0 Å². The molecule has 0 aromatic heterocycles. The van der Waals surface area contributed by atoms with Gasteiger partial charge in [-0.2, -0.15) is 0 Å². The SMILES string of the molecule is O=C[C@@H]1CC=CCN(C(=O)OCc2ccccc2)C1. The van der Waals surface area contributed by atoms with Gasteiger partial charge < -0.3 is 14.4 Å². The summed E-state index contributed by atoms with van der Waals surface area (Å²) >= 11 is 0. The maximum absolute atomic E-state index is 11.9. The molecule has 2 rings (SSSR count). The maximum atomic E-state index is 11.9. The van der Waals surface area contributed by atoms with Gasteiger partial charge in [0, 0.05) is 19.0 Å². The van der Waals surface area contributed by atoms with Crippen molar-refractivity contribution in [1.82, 2.24) is 4.90 Å².